The first-order valence-electron chi connectivity index (χ1n) is 12.5. The number of carbonyl (C=O) groups is 3. The zero-order chi connectivity index (χ0) is 24.5. The van der Waals surface area contributed by atoms with Gasteiger partial charge in [0.2, 0.25) is 0 Å². The molecule has 8 heteroatoms. The second-order valence-corrected chi connectivity index (χ2v) is 10.6. The Balaban J connectivity index is 1.43. The van der Waals surface area contributed by atoms with Crippen molar-refractivity contribution in [2.45, 2.75) is 57.6 Å². The number of piperidine rings is 1. The topological polar surface area (TPSA) is 82.2 Å². The van der Waals surface area contributed by atoms with Crippen molar-refractivity contribution in [3.05, 3.63) is 29.8 Å². The highest BCUT2D eigenvalue weighted by Crippen LogP contribution is 2.38. The van der Waals surface area contributed by atoms with Crippen molar-refractivity contribution in [2.75, 3.05) is 40.3 Å². The molecule has 0 radical (unpaired) electrons. The molecule has 0 aliphatic carbocycles. The van der Waals surface area contributed by atoms with Crippen molar-refractivity contribution < 1.29 is 19.1 Å². The number of para-hydroxylation sites is 1. The van der Waals surface area contributed by atoms with Gasteiger partial charge in [-0.05, 0) is 63.2 Å². The van der Waals surface area contributed by atoms with E-state index in [9.17, 15) is 14.4 Å². The van der Waals surface area contributed by atoms with Gasteiger partial charge in [0, 0.05) is 32.6 Å². The van der Waals surface area contributed by atoms with Crippen LogP contribution in [0.2, 0.25) is 0 Å². The molecule has 8 nitrogen and oxygen atoms in total. The largest absolute Gasteiger partial charge is 0.480 e. The number of fused-ring (bicyclic) bond motifs is 1. The molecule has 2 atom stereocenters. The van der Waals surface area contributed by atoms with Gasteiger partial charge >= 0.3 is 6.03 Å². The molecule has 3 aliphatic rings. The van der Waals surface area contributed by atoms with Crippen molar-refractivity contribution in [1.82, 2.24) is 20.0 Å². The molecular formula is C26H38N4O4. The zero-order valence-corrected chi connectivity index (χ0v) is 20.9. The standard InChI is InChI=1S/C26H38N4O4/c1-18(2)9-12-26(24(32)30(25(33)27-26)16-15-28(3)4)20-10-13-29(14-11-20)23(31)22-17-19-7-5-6-8-21(19)34-22/h5-8,18,20,22H,9-17H2,1-4H3,(H,27,33). The molecule has 1 aromatic rings. The first-order valence-corrected chi connectivity index (χ1v) is 12.5. The minimum Gasteiger partial charge on any atom is -0.480 e. The van der Waals surface area contributed by atoms with E-state index in [1.54, 1.807) is 0 Å². The molecule has 2 fully saturated rings. The minimum atomic E-state index is -0.872. The Kier molecular flexibility index (Phi) is 7.17. The number of carbonyl (C=O) groups excluding carboxylic acids is 3. The Morgan fingerprint density at radius 3 is 2.56 bits per heavy atom. The predicted octanol–water partition coefficient (Wildman–Crippen LogP) is 2.52. The van der Waals surface area contributed by atoms with E-state index in [0.29, 0.717) is 57.8 Å². The molecule has 34 heavy (non-hydrogen) atoms. The van der Waals surface area contributed by atoms with Crippen molar-refractivity contribution in [3.63, 3.8) is 0 Å². The number of likely N-dealkylation sites (N-methyl/N-ethyl adjacent to an activating group) is 1. The first kappa shape index (κ1) is 24.5. The van der Waals surface area contributed by atoms with Crippen LogP contribution in [0, 0.1) is 11.8 Å². The van der Waals surface area contributed by atoms with Crippen LogP contribution in [0.25, 0.3) is 0 Å². The lowest BCUT2D eigenvalue weighted by Crippen LogP contribution is -2.57. The lowest BCUT2D eigenvalue weighted by Gasteiger charge is -2.41. The van der Waals surface area contributed by atoms with Crippen LogP contribution in [0.1, 0.15) is 45.1 Å². The van der Waals surface area contributed by atoms with Gasteiger partial charge in [0.25, 0.3) is 11.8 Å². The molecule has 4 amide bonds. The Hall–Kier alpha value is -2.61. The smallest absolute Gasteiger partial charge is 0.325 e. The second kappa shape index (κ2) is 9.94. The zero-order valence-electron chi connectivity index (χ0n) is 20.9. The van der Waals surface area contributed by atoms with Gasteiger partial charge in [-0.3, -0.25) is 14.5 Å². The predicted molar refractivity (Wildman–Crippen MR) is 129 cm³/mol. The summed E-state index contributed by atoms with van der Waals surface area (Å²) in [4.78, 5) is 44.9. The van der Waals surface area contributed by atoms with Gasteiger partial charge in [0.15, 0.2) is 6.10 Å². The number of amides is 4. The van der Waals surface area contributed by atoms with Crippen LogP contribution in [0.3, 0.4) is 0 Å². The molecule has 1 aromatic carbocycles. The van der Waals surface area contributed by atoms with Crippen LogP contribution >= 0.6 is 0 Å². The molecule has 186 valence electrons. The maximum absolute atomic E-state index is 13.6. The summed E-state index contributed by atoms with van der Waals surface area (Å²) in [7, 11) is 3.87. The quantitative estimate of drug-likeness (QED) is 0.591. The lowest BCUT2D eigenvalue weighted by molar-refractivity contribution is -0.140. The molecule has 0 bridgehead atoms. The number of urea groups is 1. The minimum absolute atomic E-state index is 0.0119. The molecule has 0 spiro atoms. The number of nitrogens with zero attached hydrogens (tertiary/aromatic N) is 3. The van der Waals surface area contributed by atoms with Crippen LogP contribution in [0.4, 0.5) is 4.79 Å². The van der Waals surface area contributed by atoms with Crippen LogP contribution in [-0.2, 0) is 16.0 Å². The van der Waals surface area contributed by atoms with Gasteiger partial charge in [-0.2, -0.15) is 0 Å². The van der Waals surface area contributed by atoms with Crippen LogP contribution in [0.5, 0.6) is 5.75 Å². The third-order valence-electron chi connectivity index (χ3n) is 7.51. The van der Waals surface area contributed by atoms with Gasteiger partial charge in [0.1, 0.15) is 11.3 Å². The Morgan fingerprint density at radius 2 is 1.91 bits per heavy atom. The highest BCUT2D eigenvalue weighted by Gasteiger charge is 2.55. The van der Waals surface area contributed by atoms with E-state index in [-0.39, 0.29) is 23.8 Å². The van der Waals surface area contributed by atoms with E-state index in [0.717, 1.165) is 17.7 Å². The fourth-order valence-corrected chi connectivity index (χ4v) is 5.43. The summed E-state index contributed by atoms with van der Waals surface area (Å²) in [6.45, 7) is 6.45. The fourth-order valence-electron chi connectivity index (χ4n) is 5.43. The van der Waals surface area contributed by atoms with Crippen LogP contribution in [0.15, 0.2) is 24.3 Å². The van der Waals surface area contributed by atoms with E-state index in [1.165, 1.54) is 4.90 Å². The summed E-state index contributed by atoms with van der Waals surface area (Å²) in [5, 5.41) is 3.12. The molecule has 1 N–H and O–H groups in total. The van der Waals surface area contributed by atoms with Gasteiger partial charge in [-0.1, -0.05) is 32.0 Å². The molecule has 0 aromatic heterocycles. The Labute approximate surface area is 202 Å². The van der Waals surface area contributed by atoms with Crippen molar-refractivity contribution in [1.29, 1.82) is 0 Å². The molecule has 3 aliphatic heterocycles. The van der Waals surface area contributed by atoms with E-state index in [1.807, 2.05) is 48.2 Å². The molecule has 2 unspecified atom stereocenters. The van der Waals surface area contributed by atoms with Gasteiger partial charge in [0.05, 0.1) is 0 Å². The average Bonchev–Trinajstić information content (AvgIpc) is 3.35. The Bertz CT molecular complexity index is 900. The summed E-state index contributed by atoms with van der Waals surface area (Å²) in [5.41, 5.74) is 0.198. The van der Waals surface area contributed by atoms with Gasteiger partial charge in [-0.15, -0.1) is 0 Å². The number of nitrogens with one attached hydrogen (secondary N) is 1. The highest BCUT2D eigenvalue weighted by atomic mass is 16.5. The van der Waals surface area contributed by atoms with Crippen molar-refractivity contribution in [2.24, 2.45) is 11.8 Å². The monoisotopic (exact) mass is 470 g/mol. The molecular weight excluding hydrogens is 432 g/mol. The SMILES string of the molecule is CC(C)CCC1(C2CCN(C(=O)C3Cc4ccccc4O3)CC2)NC(=O)N(CCN(C)C)C1=O. The molecule has 0 saturated carbocycles. The number of benzene rings is 1. The Morgan fingerprint density at radius 1 is 1.21 bits per heavy atom. The lowest BCUT2D eigenvalue weighted by atomic mass is 9.73. The fraction of sp³-hybridized carbons (Fsp3) is 0.654. The summed E-state index contributed by atoms with van der Waals surface area (Å²) in [6, 6.07) is 7.51. The third kappa shape index (κ3) is 4.78. The van der Waals surface area contributed by atoms with Crippen LogP contribution < -0.4 is 10.1 Å². The van der Waals surface area contributed by atoms with Crippen LogP contribution in [-0.4, -0.2) is 84.5 Å². The summed E-state index contributed by atoms with van der Waals surface area (Å²) < 4.78 is 5.91. The third-order valence-corrected chi connectivity index (χ3v) is 7.51. The number of ether oxygens (including phenoxy) is 1. The number of rotatable bonds is 8. The maximum Gasteiger partial charge on any atom is 0.325 e. The average molecular weight is 471 g/mol. The number of imide groups is 1. The van der Waals surface area contributed by atoms with Gasteiger partial charge < -0.3 is 19.9 Å². The van der Waals surface area contributed by atoms with E-state index in [4.69, 9.17) is 4.74 Å². The van der Waals surface area contributed by atoms with E-state index in [2.05, 4.69) is 19.2 Å². The number of hydrogen-bond acceptors (Lipinski definition) is 5. The number of hydrogen-bond donors (Lipinski definition) is 1. The summed E-state index contributed by atoms with van der Waals surface area (Å²) >= 11 is 0. The molecule has 4 rings (SSSR count). The number of likely N-dealkylation sites (tertiary alicyclic amines) is 1. The first-order chi connectivity index (χ1) is 16.2. The maximum atomic E-state index is 13.6. The van der Waals surface area contributed by atoms with E-state index >= 15 is 0 Å². The van der Waals surface area contributed by atoms with Gasteiger partial charge in [-0.25, -0.2) is 4.79 Å². The summed E-state index contributed by atoms with van der Waals surface area (Å²) in [6.07, 6.45) is 3.00. The van der Waals surface area contributed by atoms with Crippen molar-refractivity contribution >= 4 is 17.8 Å². The normalized spacial score (nSPS) is 25.2. The molecule has 3 heterocycles. The van der Waals surface area contributed by atoms with Crippen molar-refractivity contribution in [3.8, 4) is 5.75 Å². The molecule has 2 saturated heterocycles. The second-order valence-electron chi connectivity index (χ2n) is 10.6. The highest BCUT2D eigenvalue weighted by molar-refractivity contribution is 6.07. The van der Waals surface area contributed by atoms with E-state index < -0.39 is 11.6 Å². The summed E-state index contributed by atoms with van der Waals surface area (Å²) in [5.74, 6) is 1.15.